The van der Waals surface area contributed by atoms with Crippen molar-refractivity contribution in [1.29, 1.82) is 0 Å². The normalized spacial score (nSPS) is 23.7. The average molecular weight is 356 g/mol. The van der Waals surface area contributed by atoms with Gasteiger partial charge < -0.3 is 15.5 Å². The summed E-state index contributed by atoms with van der Waals surface area (Å²) in [7, 11) is 0. The number of nitrogens with one attached hydrogen (secondary N) is 1. The van der Waals surface area contributed by atoms with Gasteiger partial charge in [-0.3, -0.25) is 4.79 Å². The van der Waals surface area contributed by atoms with Crippen molar-refractivity contribution in [1.82, 2.24) is 5.32 Å². The highest BCUT2D eigenvalue weighted by Gasteiger charge is 2.40. The molecule has 0 bridgehead atoms. The monoisotopic (exact) mass is 355 g/mol. The first-order chi connectivity index (χ1) is 12.1. The van der Waals surface area contributed by atoms with E-state index in [1.54, 1.807) is 0 Å². The predicted molar refractivity (Wildman–Crippen MR) is 104 cm³/mol. The van der Waals surface area contributed by atoms with Crippen molar-refractivity contribution < 1.29 is 15.0 Å². The number of carboxylic acids is 1. The van der Waals surface area contributed by atoms with Gasteiger partial charge >= 0.3 is 5.97 Å². The first-order valence-corrected chi connectivity index (χ1v) is 10.7. The van der Waals surface area contributed by atoms with Crippen LogP contribution < -0.4 is 5.32 Å². The fourth-order valence-electron chi connectivity index (χ4n) is 4.22. The van der Waals surface area contributed by atoms with Crippen LogP contribution in [0.4, 0.5) is 0 Å². The van der Waals surface area contributed by atoms with Crippen LogP contribution in [-0.4, -0.2) is 35.9 Å². The van der Waals surface area contributed by atoms with Crippen LogP contribution in [0.15, 0.2) is 0 Å². The fraction of sp³-hybridized carbons (Fsp3) is 0.952. The second-order valence-corrected chi connectivity index (χ2v) is 8.02. The van der Waals surface area contributed by atoms with Crippen molar-refractivity contribution in [3.05, 3.63) is 0 Å². The van der Waals surface area contributed by atoms with Crippen molar-refractivity contribution in [2.45, 2.75) is 96.8 Å². The summed E-state index contributed by atoms with van der Waals surface area (Å²) in [6.07, 6.45) is 15.8. The molecule has 0 saturated heterocycles. The third kappa shape index (κ3) is 9.05. The molecule has 1 saturated carbocycles. The first-order valence-electron chi connectivity index (χ1n) is 10.7. The summed E-state index contributed by atoms with van der Waals surface area (Å²) in [5.41, 5.74) is -0.427. The SMILES string of the molecule is CCCCCC1CCC(CCCCCCCNCCO)(C(=O)O)CC1. The molecule has 3 N–H and O–H groups in total. The molecule has 1 aliphatic rings. The maximum absolute atomic E-state index is 11.9. The lowest BCUT2D eigenvalue weighted by Crippen LogP contribution is -2.35. The summed E-state index contributed by atoms with van der Waals surface area (Å²) in [6.45, 7) is 4.10. The van der Waals surface area contributed by atoms with E-state index in [0.717, 1.165) is 63.8 Å². The van der Waals surface area contributed by atoms with Gasteiger partial charge in [0.25, 0.3) is 0 Å². The molecule has 0 amide bonds. The molecule has 0 aromatic rings. The van der Waals surface area contributed by atoms with Crippen molar-refractivity contribution in [2.75, 3.05) is 19.7 Å². The van der Waals surface area contributed by atoms with Crippen molar-refractivity contribution in [2.24, 2.45) is 11.3 Å². The molecule has 0 aromatic carbocycles. The highest BCUT2D eigenvalue weighted by atomic mass is 16.4. The number of aliphatic hydroxyl groups excluding tert-OH is 1. The highest BCUT2D eigenvalue weighted by Crippen LogP contribution is 2.44. The van der Waals surface area contributed by atoms with E-state index >= 15 is 0 Å². The van der Waals surface area contributed by atoms with Crippen LogP contribution in [0.25, 0.3) is 0 Å². The third-order valence-electron chi connectivity index (χ3n) is 6.03. The Balaban J connectivity index is 2.17. The van der Waals surface area contributed by atoms with Crippen molar-refractivity contribution in [3.63, 3.8) is 0 Å². The number of unbranched alkanes of at least 4 members (excludes halogenated alkanes) is 6. The summed E-state index contributed by atoms with van der Waals surface area (Å²) < 4.78 is 0. The van der Waals surface area contributed by atoms with Gasteiger partial charge in [0.1, 0.15) is 0 Å². The number of hydrogen-bond acceptors (Lipinski definition) is 3. The molecule has 4 heteroatoms. The molecule has 1 fully saturated rings. The van der Waals surface area contributed by atoms with E-state index in [9.17, 15) is 9.90 Å². The number of rotatable bonds is 15. The standard InChI is InChI=1S/C21H41NO3/c1-2-3-7-10-19-11-14-21(15-12-19,20(24)25)13-8-5-4-6-9-16-22-17-18-23/h19,22-23H,2-18H2,1H3,(H,24,25). The Morgan fingerprint density at radius 1 is 1.00 bits per heavy atom. The zero-order chi connectivity index (χ0) is 18.4. The minimum absolute atomic E-state index is 0.205. The van der Waals surface area contributed by atoms with Crippen LogP contribution in [0.2, 0.25) is 0 Å². The zero-order valence-corrected chi connectivity index (χ0v) is 16.4. The molecule has 0 unspecified atom stereocenters. The van der Waals surface area contributed by atoms with Gasteiger partial charge in [-0.25, -0.2) is 0 Å². The number of carbonyl (C=O) groups is 1. The number of aliphatic carboxylic acids is 1. The summed E-state index contributed by atoms with van der Waals surface area (Å²) in [5.74, 6) is 0.221. The maximum Gasteiger partial charge on any atom is 0.309 e. The van der Waals surface area contributed by atoms with E-state index in [1.807, 2.05) is 0 Å². The van der Waals surface area contributed by atoms with E-state index in [0.29, 0.717) is 6.54 Å². The van der Waals surface area contributed by atoms with Gasteiger partial charge in [-0.1, -0.05) is 58.3 Å². The number of aliphatic hydroxyl groups is 1. The van der Waals surface area contributed by atoms with Gasteiger partial charge in [0.15, 0.2) is 0 Å². The number of carboxylic acid groups (broad SMARTS) is 1. The molecule has 0 radical (unpaired) electrons. The summed E-state index contributed by atoms with van der Waals surface area (Å²) >= 11 is 0. The van der Waals surface area contributed by atoms with E-state index < -0.39 is 11.4 Å². The second-order valence-electron chi connectivity index (χ2n) is 8.02. The molecule has 0 aliphatic heterocycles. The topological polar surface area (TPSA) is 69.6 Å². The highest BCUT2D eigenvalue weighted by molar-refractivity contribution is 5.74. The Hall–Kier alpha value is -0.610. The summed E-state index contributed by atoms with van der Waals surface area (Å²) in [6, 6.07) is 0. The van der Waals surface area contributed by atoms with Gasteiger partial charge in [0.05, 0.1) is 12.0 Å². The van der Waals surface area contributed by atoms with Gasteiger partial charge in [-0.15, -0.1) is 0 Å². The van der Waals surface area contributed by atoms with Crippen molar-refractivity contribution >= 4 is 5.97 Å². The zero-order valence-electron chi connectivity index (χ0n) is 16.4. The largest absolute Gasteiger partial charge is 0.481 e. The predicted octanol–water partition coefficient (Wildman–Crippen LogP) is 4.75. The Morgan fingerprint density at radius 3 is 2.32 bits per heavy atom. The van der Waals surface area contributed by atoms with Crippen LogP contribution in [-0.2, 0) is 4.79 Å². The van der Waals surface area contributed by atoms with E-state index in [4.69, 9.17) is 5.11 Å². The first kappa shape index (κ1) is 22.4. The lowest BCUT2D eigenvalue weighted by atomic mass is 9.67. The maximum atomic E-state index is 11.9. The van der Waals surface area contributed by atoms with Crippen LogP contribution >= 0.6 is 0 Å². The molecule has 1 rings (SSSR count). The van der Waals surface area contributed by atoms with Crippen LogP contribution in [0.1, 0.15) is 96.8 Å². The average Bonchev–Trinajstić information content (AvgIpc) is 2.61. The van der Waals surface area contributed by atoms with Gasteiger partial charge in [0.2, 0.25) is 0 Å². The van der Waals surface area contributed by atoms with Crippen LogP contribution in [0, 0.1) is 11.3 Å². The van der Waals surface area contributed by atoms with Crippen LogP contribution in [0.5, 0.6) is 0 Å². The van der Waals surface area contributed by atoms with Gasteiger partial charge in [0, 0.05) is 6.54 Å². The Kier molecular flexibility index (Phi) is 12.2. The van der Waals surface area contributed by atoms with Crippen molar-refractivity contribution in [3.8, 4) is 0 Å². The third-order valence-corrected chi connectivity index (χ3v) is 6.03. The van der Waals surface area contributed by atoms with E-state index in [1.165, 1.54) is 38.5 Å². The second kappa shape index (κ2) is 13.6. The molecule has 148 valence electrons. The van der Waals surface area contributed by atoms with Gasteiger partial charge in [-0.05, 0) is 51.0 Å². The summed E-state index contributed by atoms with van der Waals surface area (Å²) in [4.78, 5) is 11.9. The molecule has 0 heterocycles. The Labute approximate surface area is 154 Å². The molecular weight excluding hydrogens is 314 g/mol. The number of hydrogen-bond donors (Lipinski definition) is 3. The van der Waals surface area contributed by atoms with E-state index in [-0.39, 0.29) is 6.61 Å². The molecule has 0 aromatic heterocycles. The molecule has 1 aliphatic carbocycles. The lowest BCUT2D eigenvalue weighted by Gasteiger charge is -2.37. The minimum Gasteiger partial charge on any atom is -0.481 e. The fourth-order valence-corrected chi connectivity index (χ4v) is 4.22. The smallest absolute Gasteiger partial charge is 0.309 e. The molecule has 25 heavy (non-hydrogen) atoms. The van der Waals surface area contributed by atoms with E-state index in [2.05, 4.69) is 12.2 Å². The molecule has 0 atom stereocenters. The minimum atomic E-state index is -0.548. The quantitative estimate of drug-likeness (QED) is 0.371. The van der Waals surface area contributed by atoms with Crippen LogP contribution in [0.3, 0.4) is 0 Å². The lowest BCUT2D eigenvalue weighted by molar-refractivity contribution is -0.152. The molecular formula is C21H41NO3. The Morgan fingerprint density at radius 2 is 1.68 bits per heavy atom. The Bertz CT molecular complexity index is 338. The molecule has 4 nitrogen and oxygen atoms in total. The van der Waals surface area contributed by atoms with Gasteiger partial charge in [-0.2, -0.15) is 0 Å². The summed E-state index contributed by atoms with van der Waals surface area (Å²) in [5, 5.41) is 21.7. The molecule has 0 spiro atoms.